The van der Waals surface area contributed by atoms with Crippen LogP contribution in [0.3, 0.4) is 0 Å². The second kappa shape index (κ2) is 9.62. The van der Waals surface area contributed by atoms with Gasteiger partial charge in [-0.15, -0.1) is 0 Å². The third kappa shape index (κ3) is 4.07. The van der Waals surface area contributed by atoms with Gasteiger partial charge >= 0.3 is 0 Å². The van der Waals surface area contributed by atoms with Crippen LogP contribution in [0.4, 0.5) is 10.1 Å². The number of ether oxygens (including phenoxy) is 2. The molecule has 182 valence electrons. The second-order valence-corrected chi connectivity index (χ2v) is 9.03. The zero-order valence-electron chi connectivity index (χ0n) is 19.3. The van der Waals surface area contributed by atoms with Crippen molar-refractivity contribution >= 4 is 38.5 Å². The van der Waals surface area contributed by atoms with Crippen LogP contribution in [0.1, 0.15) is 34.6 Å². The van der Waals surface area contributed by atoms with Gasteiger partial charge in [-0.1, -0.05) is 40.7 Å². The Hall–Kier alpha value is -3.91. The lowest BCUT2D eigenvalue weighted by Gasteiger charge is -2.26. The smallest absolute Gasteiger partial charge is 0.295 e. The zero-order valence-corrected chi connectivity index (χ0v) is 20.9. The lowest BCUT2D eigenvalue weighted by molar-refractivity contribution is 0.0971. The topological polar surface area (TPSA) is 69.0 Å². The van der Waals surface area contributed by atoms with Gasteiger partial charge in [0.15, 0.2) is 16.9 Å². The Morgan fingerprint density at radius 2 is 1.92 bits per heavy atom. The fourth-order valence-corrected chi connectivity index (χ4v) is 4.77. The van der Waals surface area contributed by atoms with Crippen molar-refractivity contribution in [1.82, 2.24) is 0 Å². The van der Waals surface area contributed by atoms with E-state index in [1.807, 2.05) is 13.0 Å². The largest absolute Gasteiger partial charge is 0.490 e. The summed E-state index contributed by atoms with van der Waals surface area (Å²) in [5.74, 6) is -0.146. The molecule has 8 heteroatoms. The van der Waals surface area contributed by atoms with Crippen molar-refractivity contribution in [3.8, 4) is 11.5 Å². The molecule has 0 N–H and O–H groups in total. The Labute approximate surface area is 214 Å². The standard InChI is InChI=1S/C28H21BrFNO5/c1-3-12-35-22-10-8-16(13-23(22)34-4-2)25-24-26(32)20-15-18(30)9-11-21(20)36-27(24)28(33)31(25)19-7-5-6-17(29)14-19/h3,5-11,13-15,25H,1,4,12H2,2H3. The van der Waals surface area contributed by atoms with Crippen molar-refractivity contribution in [2.45, 2.75) is 13.0 Å². The molecule has 0 aliphatic carbocycles. The third-order valence-electron chi connectivity index (χ3n) is 5.86. The number of fused-ring (bicyclic) bond motifs is 2. The van der Waals surface area contributed by atoms with Crippen LogP contribution in [-0.4, -0.2) is 19.1 Å². The van der Waals surface area contributed by atoms with E-state index in [1.54, 1.807) is 42.5 Å². The second-order valence-electron chi connectivity index (χ2n) is 8.11. The summed E-state index contributed by atoms with van der Waals surface area (Å²) in [7, 11) is 0. The first kappa shape index (κ1) is 23.8. The quantitative estimate of drug-likeness (QED) is 0.249. The van der Waals surface area contributed by atoms with Gasteiger partial charge in [0, 0.05) is 10.2 Å². The van der Waals surface area contributed by atoms with E-state index in [9.17, 15) is 14.0 Å². The Morgan fingerprint density at radius 3 is 2.67 bits per heavy atom. The lowest BCUT2D eigenvalue weighted by Crippen LogP contribution is -2.29. The van der Waals surface area contributed by atoms with Gasteiger partial charge in [0.25, 0.3) is 5.91 Å². The van der Waals surface area contributed by atoms with E-state index in [4.69, 9.17) is 13.9 Å². The molecule has 5 rings (SSSR count). The van der Waals surface area contributed by atoms with E-state index < -0.39 is 23.2 Å². The van der Waals surface area contributed by atoms with E-state index >= 15 is 0 Å². The number of carbonyl (C=O) groups excluding carboxylic acids is 1. The number of hydrogen-bond donors (Lipinski definition) is 0. The van der Waals surface area contributed by atoms with E-state index in [2.05, 4.69) is 22.5 Å². The molecule has 1 aliphatic heterocycles. The molecular formula is C28H21BrFNO5. The number of benzene rings is 3. The third-order valence-corrected chi connectivity index (χ3v) is 6.35. The minimum atomic E-state index is -0.835. The Morgan fingerprint density at radius 1 is 1.08 bits per heavy atom. The van der Waals surface area contributed by atoms with E-state index in [0.717, 1.165) is 10.5 Å². The number of halogens is 2. The van der Waals surface area contributed by atoms with Crippen molar-refractivity contribution in [3.05, 3.63) is 111 Å². The highest BCUT2D eigenvalue weighted by molar-refractivity contribution is 9.10. The van der Waals surface area contributed by atoms with Gasteiger partial charge in [0.05, 0.1) is 23.6 Å². The Bertz CT molecular complexity index is 1560. The first-order chi connectivity index (χ1) is 17.4. The SMILES string of the molecule is C=CCOc1ccc(C2c3c(oc4ccc(F)cc4c3=O)C(=O)N2c2cccc(Br)c2)cc1OCC. The average Bonchev–Trinajstić information content (AvgIpc) is 3.16. The highest BCUT2D eigenvalue weighted by atomic mass is 79.9. The van der Waals surface area contributed by atoms with Crippen LogP contribution in [0, 0.1) is 5.82 Å². The summed E-state index contributed by atoms with van der Waals surface area (Å²) in [6.07, 6.45) is 1.62. The van der Waals surface area contributed by atoms with E-state index in [0.29, 0.717) is 29.4 Å². The van der Waals surface area contributed by atoms with Gasteiger partial charge in [-0.3, -0.25) is 14.5 Å². The van der Waals surface area contributed by atoms with Crippen LogP contribution in [0.5, 0.6) is 11.5 Å². The molecule has 0 spiro atoms. The van der Waals surface area contributed by atoms with E-state index in [1.165, 1.54) is 17.0 Å². The van der Waals surface area contributed by atoms with E-state index in [-0.39, 0.29) is 28.9 Å². The molecule has 0 bridgehead atoms. The van der Waals surface area contributed by atoms with Crippen molar-refractivity contribution in [2.75, 3.05) is 18.1 Å². The van der Waals surface area contributed by atoms with Crippen molar-refractivity contribution < 1.29 is 23.1 Å². The fraction of sp³-hybridized carbons (Fsp3) is 0.143. The Kier molecular flexibility index (Phi) is 6.36. The maximum absolute atomic E-state index is 14.0. The highest BCUT2D eigenvalue weighted by Gasteiger charge is 2.44. The molecule has 1 atom stereocenters. The molecule has 6 nitrogen and oxygen atoms in total. The molecule has 0 fully saturated rings. The van der Waals surface area contributed by atoms with Crippen LogP contribution in [0.2, 0.25) is 0 Å². The number of anilines is 1. The lowest BCUT2D eigenvalue weighted by atomic mass is 9.97. The van der Waals surface area contributed by atoms with Gasteiger partial charge in [-0.05, 0) is 61.0 Å². The molecule has 0 saturated heterocycles. The molecule has 1 unspecified atom stereocenters. The van der Waals surface area contributed by atoms with Crippen molar-refractivity contribution in [2.24, 2.45) is 0 Å². The number of amides is 1. The molecule has 36 heavy (non-hydrogen) atoms. The summed E-state index contributed by atoms with van der Waals surface area (Å²) in [4.78, 5) is 28.9. The summed E-state index contributed by atoms with van der Waals surface area (Å²) in [5.41, 5.74) is 0.989. The van der Waals surface area contributed by atoms with Crippen LogP contribution >= 0.6 is 15.9 Å². The molecule has 2 heterocycles. The zero-order chi connectivity index (χ0) is 25.4. The predicted molar refractivity (Wildman–Crippen MR) is 139 cm³/mol. The van der Waals surface area contributed by atoms with Gasteiger partial charge in [0.2, 0.25) is 5.76 Å². The van der Waals surface area contributed by atoms with Gasteiger partial charge in [0.1, 0.15) is 18.0 Å². The van der Waals surface area contributed by atoms with Crippen molar-refractivity contribution in [1.29, 1.82) is 0 Å². The summed E-state index contributed by atoms with van der Waals surface area (Å²) >= 11 is 3.45. The minimum absolute atomic E-state index is 0.0682. The predicted octanol–water partition coefficient (Wildman–Crippen LogP) is 6.41. The van der Waals surface area contributed by atoms with Gasteiger partial charge in [-0.2, -0.15) is 0 Å². The first-order valence-corrected chi connectivity index (χ1v) is 12.1. The van der Waals surface area contributed by atoms with Gasteiger partial charge < -0.3 is 13.9 Å². The number of carbonyl (C=O) groups is 1. The Balaban J connectivity index is 1.76. The molecule has 1 amide bonds. The molecule has 3 aromatic carbocycles. The highest BCUT2D eigenvalue weighted by Crippen LogP contribution is 2.43. The van der Waals surface area contributed by atoms with Crippen LogP contribution in [-0.2, 0) is 0 Å². The molecule has 1 aromatic heterocycles. The number of nitrogens with zero attached hydrogens (tertiary/aromatic N) is 1. The summed E-state index contributed by atoms with van der Waals surface area (Å²) < 4.78 is 32.2. The fourth-order valence-electron chi connectivity index (χ4n) is 4.38. The molecule has 0 radical (unpaired) electrons. The molecule has 0 saturated carbocycles. The van der Waals surface area contributed by atoms with Crippen LogP contribution in [0.15, 0.2) is 87.0 Å². The summed E-state index contributed by atoms with van der Waals surface area (Å²) in [5, 5.41) is 0.0682. The minimum Gasteiger partial charge on any atom is -0.490 e. The van der Waals surface area contributed by atoms with Crippen molar-refractivity contribution in [3.63, 3.8) is 0 Å². The van der Waals surface area contributed by atoms with Gasteiger partial charge in [-0.25, -0.2) is 4.39 Å². The maximum atomic E-state index is 14.0. The number of hydrogen-bond acceptors (Lipinski definition) is 5. The average molecular weight is 550 g/mol. The molecule has 1 aliphatic rings. The maximum Gasteiger partial charge on any atom is 0.295 e. The summed E-state index contributed by atoms with van der Waals surface area (Å²) in [6.45, 7) is 6.19. The van der Waals surface area contributed by atoms with Crippen LogP contribution < -0.4 is 19.8 Å². The molecule has 4 aromatic rings. The summed E-state index contributed by atoms with van der Waals surface area (Å²) in [6, 6.07) is 15.3. The monoisotopic (exact) mass is 549 g/mol. The number of rotatable bonds is 7. The normalized spacial score (nSPS) is 14.7. The molecular weight excluding hydrogens is 529 g/mol. The van der Waals surface area contributed by atoms with Crippen LogP contribution in [0.25, 0.3) is 11.0 Å². The first-order valence-electron chi connectivity index (χ1n) is 11.3.